The lowest BCUT2D eigenvalue weighted by atomic mass is 9.85. The number of anilines is 1. The third-order valence-electron chi connectivity index (χ3n) is 14.8. The predicted molar refractivity (Wildman–Crippen MR) is 304 cm³/mol. The van der Waals surface area contributed by atoms with Gasteiger partial charge in [-0.25, -0.2) is 4.58 Å². The van der Waals surface area contributed by atoms with E-state index in [1.165, 1.54) is 262 Å². The van der Waals surface area contributed by atoms with E-state index >= 15 is 0 Å². The van der Waals surface area contributed by atoms with Crippen LogP contribution in [0.3, 0.4) is 0 Å². The summed E-state index contributed by atoms with van der Waals surface area (Å²) in [4.78, 5) is 21.8. The van der Waals surface area contributed by atoms with Crippen LogP contribution in [-0.2, 0) is 4.79 Å². The fourth-order valence-electron chi connectivity index (χ4n) is 10.1. The van der Waals surface area contributed by atoms with Gasteiger partial charge >= 0.3 is 0 Å². The van der Waals surface area contributed by atoms with Crippen molar-refractivity contribution in [2.75, 3.05) is 31.1 Å². The van der Waals surface area contributed by atoms with Crippen molar-refractivity contribution < 1.29 is 14.5 Å². The highest BCUT2D eigenvalue weighted by Gasteiger charge is 2.29. The molecule has 392 valence electrons. The van der Waals surface area contributed by atoms with Crippen LogP contribution in [0.15, 0.2) is 58.9 Å². The molecule has 0 saturated carbocycles. The minimum absolute atomic E-state index is 0.176. The van der Waals surface area contributed by atoms with Crippen LogP contribution >= 0.6 is 11.8 Å². The Morgan fingerprint density at radius 1 is 0.493 bits per heavy atom. The van der Waals surface area contributed by atoms with Crippen molar-refractivity contribution in [1.29, 1.82) is 0 Å². The van der Waals surface area contributed by atoms with Gasteiger partial charge in [-0.1, -0.05) is 258 Å². The second kappa shape index (κ2) is 42.0. The molecule has 0 aromatic carbocycles. The number of aromatic nitrogens is 1. The molecule has 1 aliphatic heterocycles. The molecule has 0 unspecified atom stereocenters. The van der Waals surface area contributed by atoms with Crippen LogP contribution in [0.1, 0.15) is 290 Å². The third-order valence-corrected chi connectivity index (χ3v) is 15.9. The Hall–Kier alpha value is -2.60. The minimum Gasteiger partial charge on any atom is -0.871 e. The van der Waals surface area contributed by atoms with Gasteiger partial charge in [0.2, 0.25) is 5.04 Å². The molecule has 0 spiro atoms. The van der Waals surface area contributed by atoms with E-state index < -0.39 is 0 Å². The van der Waals surface area contributed by atoms with Crippen LogP contribution in [0.4, 0.5) is 5.69 Å². The highest BCUT2D eigenvalue weighted by Crippen LogP contribution is 2.35. The third kappa shape index (κ3) is 27.7. The Kier molecular flexibility index (Phi) is 36.9. The molecule has 0 saturated heterocycles. The molecule has 2 heterocycles. The largest absolute Gasteiger partial charge is 0.871 e. The Balaban J connectivity index is 1.56. The molecular formula is C63H107N3O2S. The summed E-state index contributed by atoms with van der Waals surface area (Å²) >= 11 is 1.79. The summed E-state index contributed by atoms with van der Waals surface area (Å²) in [7, 11) is 0. The lowest BCUT2D eigenvalue weighted by Crippen LogP contribution is -2.29. The summed E-state index contributed by atoms with van der Waals surface area (Å²) in [6.45, 7) is 13.4. The van der Waals surface area contributed by atoms with Gasteiger partial charge in [0, 0.05) is 48.1 Å². The summed E-state index contributed by atoms with van der Waals surface area (Å²) in [5.74, 6) is -0.353. The minimum atomic E-state index is -0.176. The van der Waals surface area contributed by atoms with Crippen LogP contribution in [0.2, 0.25) is 0 Å². The van der Waals surface area contributed by atoms with Crippen LogP contribution in [0.5, 0.6) is 0 Å². The van der Waals surface area contributed by atoms with Gasteiger partial charge in [0.25, 0.3) is 0 Å². The molecule has 0 amide bonds. The van der Waals surface area contributed by atoms with Crippen molar-refractivity contribution in [3.8, 4) is 0 Å². The molecule has 3 rings (SSSR count). The summed E-state index contributed by atoms with van der Waals surface area (Å²) in [5.41, 5.74) is 2.14. The van der Waals surface area contributed by atoms with Crippen LogP contribution in [0.25, 0.3) is 5.57 Å². The number of thioether (sulfide) groups is 1. The normalized spacial score (nSPS) is 14.8. The van der Waals surface area contributed by atoms with Crippen molar-refractivity contribution in [2.24, 2.45) is 0 Å². The Morgan fingerprint density at radius 2 is 0.870 bits per heavy atom. The van der Waals surface area contributed by atoms with Gasteiger partial charge in [-0.2, -0.15) is 0 Å². The number of unbranched alkanes of at least 4 members (excludes halogenated alkanes) is 36. The molecule has 0 N–H and O–H groups in total. The number of hydrogen-bond acceptors (Lipinski definition) is 5. The summed E-state index contributed by atoms with van der Waals surface area (Å²) in [6, 6.07) is 4.01. The maximum absolute atomic E-state index is 13.5. The zero-order chi connectivity index (χ0) is 49.3. The smallest absolute Gasteiger partial charge is 0.239 e. The second-order valence-corrected chi connectivity index (χ2v) is 22.2. The molecular weight excluding hydrogens is 863 g/mol. The van der Waals surface area contributed by atoms with Crippen LogP contribution < -0.4 is 10.0 Å². The molecule has 1 aromatic heterocycles. The van der Waals surface area contributed by atoms with Gasteiger partial charge in [0.1, 0.15) is 13.1 Å². The highest BCUT2D eigenvalue weighted by molar-refractivity contribution is 8.18. The molecule has 0 radical (unpaired) electrons. The fraction of sp³-hybridized carbons (Fsp3) is 0.762. The molecule has 5 nitrogen and oxygen atoms in total. The number of rotatable bonds is 47. The quantitative estimate of drug-likeness (QED) is 0.0370. The van der Waals surface area contributed by atoms with Gasteiger partial charge in [-0.15, -0.1) is 0 Å². The molecule has 1 aliphatic carbocycles. The first-order valence-corrected chi connectivity index (χ1v) is 30.9. The highest BCUT2D eigenvalue weighted by atomic mass is 32.2. The fourth-order valence-corrected chi connectivity index (χ4v) is 11.1. The van der Waals surface area contributed by atoms with Gasteiger partial charge < -0.3 is 10.0 Å². The van der Waals surface area contributed by atoms with Crippen LogP contribution in [-0.4, -0.2) is 46.6 Å². The summed E-state index contributed by atoms with van der Waals surface area (Å²) < 4.78 is 2.61. The number of carbonyl (C=O) groups excluding carboxylic acids is 1. The van der Waals surface area contributed by atoms with Crippen molar-refractivity contribution in [3.63, 3.8) is 0 Å². The zero-order valence-corrected chi connectivity index (χ0v) is 46.5. The first-order chi connectivity index (χ1) is 34.0. The number of pyridine rings is 1. The lowest BCUT2D eigenvalue weighted by molar-refractivity contribution is -0.525. The number of Topliss-reactive ketones (excluding diaryl/α,β-unsaturated/α-hetero) is 1. The Morgan fingerprint density at radius 3 is 1.23 bits per heavy atom. The maximum atomic E-state index is 13.5. The number of ketones is 1. The van der Waals surface area contributed by atoms with Crippen molar-refractivity contribution in [3.05, 3.63) is 64.6 Å². The standard InChI is InChI=1S/C63H107N3O2S/c1-5-9-13-17-21-25-29-33-37-41-51-65(52-42-38-34-30-26-22-18-14-10-6-2)56-45-49-59(64-55-56)61-62(67)58(63(61)68)48-46-57-47-50-60(69-57)66(53-43-39-35-31-27-23-19-15-11-7-3)54-44-40-36-32-28-24-20-16-12-8-4/h45-50,55H,5-44,51-54H2,1-4H3. The first-order valence-electron chi connectivity index (χ1n) is 30.1. The molecule has 1 aromatic rings. The van der Waals surface area contributed by atoms with E-state index in [0.717, 1.165) is 36.8 Å². The van der Waals surface area contributed by atoms with Crippen molar-refractivity contribution >= 4 is 33.8 Å². The molecule has 0 bridgehead atoms. The topological polar surface area (TPSA) is 59.3 Å². The lowest BCUT2D eigenvalue weighted by Gasteiger charge is -2.30. The molecule has 6 heteroatoms. The molecule has 2 aliphatic rings. The average molecular weight is 971 g/mol. The maximum Gasteiger partial charge on any atom is 0.239 e. The van der Waals surface area contributed by atoms with Gasteiger partial charge in [0.15, 0.2) is 5.78 Å². The molecule has 0 fully saturated rings. The number of nitrogens with zero attached hydrogens (tertiary/aromatic N) is 3. The number of carbonyl (C=O) groups is 1. The number of hydrogen-bond donors (Lipinski definition) is 0. The number of allylic oxidation sites excluding steroid dienone is 5. The van der Waals surface area contributed by atoms with Gasteiger partial charge in [-0.05, 0) is 61.7 Å². The van der Waals surface area contributed by atoms with Crippen molar-refractivity contribution in [2.45, 2.75) is 285 Å². The Bertz CT molecular complexity index is 1560. The predicted octanol–water partition coefficient (Wildman–Crippen LogP) is 18.7. The first kappa shape index (κ1) is 60.7. The zero-order valence-electron chi connectivity index (χ0n) is 45.7. The summed E-state index contributed by atoms with van der Waals surface area (Å²) in [5, 5.41) is 14.8. The van der Waals surface area contributed by atoms with Gasteiger partial charge in [-0.3, -0.25) is 9.78 Å². The van der Waals surface area contributed by atoms with E-state index in [-0.39, 0.29) is 22.7 Å². The SMILES string of the molecule is CCCCCCCCCCCCN(CCCCCCCCCCCC)c1ccc(C2=C([O-])/C(=C/C=C3/C=CC(=[N+](CCCCCCCCCCCC)CCCCCCCCCCCC)S3)C2=O)nc1. The van der Waals surface area contributed by atoms with E-state index in [0.29, 0.717) is 5.69 Å². The van der Waals surface area contributed by atoms with E-state index in [9.17, 15) is 9.90 Å². The summed E-state index contributed by atoms with van der Waals surface area (Å²) in [6.07, 6.45) is 63.9. The molecule has 0 atom stereocenters. The second-order valence-electron chi connectivity index (χ2n) is 21.1. The van der Waals surface area contributed by atoms with Crippen molar-refractivity contribution in [1.82, 2.24) is 4.98 Å². The van der Waals surface area contributed by atoms with E-state index in [4.69, 9.17) is 4.98 Å². The monoisotopic (exact) mass is 970 g/mol. The average Bonchev–Trinajstić information content (AvgIpc) is 3.84. The molecule has 69 heavy (non-hydrogen) atoms. The van der Waals surface area contributed by atoms with E-state index in [2.05, 4.69) is 55.4 Å². The Labute approximate surface area is 431 Å². The van der Waals surface area contributed by atoms with Gasteiger partial charge in [0.05, 0.1) is 17.6 Å². The van der Waals surface area contributed by atoms with E-state index in [1.807, 2.05) is 18.3 Å². The van der Waals surface area contributed by atoms with Crippen LogP contribution in [0, 0.1) is 0 Å². The van der Waals surface area contributed by atoms with E-state index in [1.54, 1.807) is 17.8 Å².